The number of rotatable bonds is 1. The number of hydrogen-bond acceptors (Lipinski definition) is 2. The van der Waals surface area contributed by atoms with Crippen molar-refractivity contribution < 1.29 is 4.40 Å². The van der Waals surface area contributed by atoms with Crippen molar-refractivity contribution in [3.05, 3.63) is 58.6 Å². The average molecular weight is 265 g/mol. The van der Waals surface area contributed by atoms with Crippen molar-refractivity contribution in [1.82, 2.24) is 0 Å². The molecule has 0 aliphatic carbocycles. The Balaban J connectivity index is 2.40. The van der Waals surface area contributed by atoms with Crippen LogP contribution in [-0.4, -0.2) is 0 Å². The molecule has 0 saturated carbocycles. The third kappa shape index (κ3) is 1.81. The van der Waals surface area contributed by atoms with Crippen LogP contribution in [0.2, 0.25) is 0 Å². The summed E-state index contributed by atoms with van der Waals surface area (Å²) >= 11 is 1.63. The Hall–Kier alpha value is -2.18. The Bertz CT molecular complexity index is 795. The normalized spacial score (nSPS) is 10.6. The quantitative estimate of drug-likeness (QED) is 0.617. The van der Waals surface area contributed by atoms with Crippen molar-refractivity contribution in [2.75, 3.05) is 0 Å². The molecular weight excluding hydrogens is 252 g/mol. The van der Waals surface area contributed by atoms with Crippen LogP contribution in [-0.2, 0) is 0 Å². The standard InChI is InChI=1S/C16H13N2S/c1-11-8-12(2)18-15(13-6-4-3-5-7-13)10-19-16(18)14(11)9-17/h3-8,10H,1-2H3/q+1. The fourth-order valence-corrected chi connectivity index (χ4v) is 3.55. The van der Waals surface area contributed by atoms with Gasteiger partial charge in [-0.3, -0.25) is 0 Å². The molecule has 0 radical (unpaired) electrons. The molecule has 3 heteroatoms. The molecule has 0 unspecified atom stereocenters. The van der Waals surface area contributed by atoms with E-state index in [1.807, 2.05) is 25.1 Å². The zero-order valence-electron chi connectivity index (χ0n) is 10.8. The summed E-state index contributed by atoms with van der Waals surface area (Å²) in [4.78, 5) is 1.03. The van der Waals surface area contributed by atoms with E-state index in [1.165, 1.54) is 5.56 Å². The Morgan fingerprint density at radius 2 is 1.89 bits per heavy atom. The van der Waals surface area contributed by atoms with Gasteiger partial charge in [-0.05, 0) is 24.6 Å². The number of pyridine rings is 1. The molecule has 0 spiro atoms. The summed E-state index contributed by atoms with van der Waals surface area (Å²) in [6.45, 7) is 4.08. The molecule has 2 nitrogen and oxygen atoms in total. The van der Waals surface area contributed by atoms with Crippen molar-refractivity contribution in [2.24, 2.45) is 0 Å². The maximum atomic E-state index is 9.33. The molecule has 92 valence electrons. The molecule has 0 atom stereocenters. The predicted octanol–water partition coefficient (Wildman–Crippen LogP) is 3.64. The Morgan fingerprint density at radius 3 is 2.58 bits per heavy atom. The number of aryl methyl sites for hydroxylation is 2. The molecule has 2 heterocycles. The largest absolute Gasteiger partial charge is 0.286 e. The molecule has 0 aliphatic heterocycles. The molecule has 2 aromatic heterocycles. The third-order valence-corrected chi connectivity index (χ3v) is 4.24. The molecule has 3 rings (SSSR count). The van der Waals surface area contributed by atoms with Crippen LogP contribution in [0.4, 0.5) is 0 Å². The molecule has 0 aliphatic rings. The average Bonchev–Trinajstić information content (AvgIpc) is 2.85. The van der Waals surface area contributed by atoms with Crippen LogP contribution in [0.15, 0.2) is 41.8 Å². The first kappa shape index (κ1) is 11.9. The highest BCUT2D eigenvalue weighted by atomic mass is 32.1. The lowest BCUT2D eigenvalue weighted by atomic mass is 10.1. The first-order valence-corrected chi connectivity index (χ1v) is 6.99. The number of fused-ring (bicyclic) bond motifs is 1. The number of thiazole rings is 1. The maximum Gasteiger partial charge on any atom is 0.286 e. The van der Waals surface area contributed by atoms with Crippen LogP contribution in [0.3, 0.4) is 0 Å². The summed E-state index contributed by atoms with van der Waals surface area (Å²) in [5, 5.41) is 11.5. The molecule has 0 fully saturated rings. The van der Waals surface area contributed by atoms with Gasteiger partial charge in [0.15, 0.2) is 5.69 Å². The van der Waals surface area contributed by atoms with Gasteiger partial charge in [0.2, 0.25) is 5.69 Å². The van der Waals surface area contributed by atoms with E-state index in [9.17, 15) is 5.26 Å². The van der Waals surface area contributed by atoms with E-state index in [0.717, 1.165) is 27.3 Å². The SMILES string of the molecule is Cc1cc(C)[n+]2c(-c3ccccc3)csc2c1C#N. The van der Waals surface area contributed by atoms with Crippen LogP contribution in [0.25, 0.3) is 16.1 Å². The summed E-state index contributed by atoms with van der Waals surface area (Å²) in [6, 6.07) is 14.7. The fourth-order valence-electron chi connectivity index (χ4n) is 2.41. The summed E-state index contributed by atoms with van der Waals surface area (Å²) < 4.78 is 2.17. The zero-order chi connectivity index (χ0) is 13.4. The van der Waals surface area contributed by atoms with Gasteiger partial charge in [-0.25, -0.2) is 0 Å². The third-order valence-electron chi connectivity index (χ3n) is 3.29. The fraction of sp³-hybridized carbons (Fsp3) is 0.125. The number of nitriles is 1. The smallest absolute Gasteiger partial charge is 0.192 e. The summed E-state index contributed by atoms with van der Waals surface area (Å²) in [6.07, 6.45) is 0. The summed E-state index contributed by atoms with van der Waals surface area (Å²) in [5.41, 5.74) is 5.30. The van der Waals surface area contributed by atoms with Crippen molar-refractivity contribution in [3.8, 4) is 17.3 Å². The Labute approximate surface area is 116 Å². The molecular formula is C16H13N2S+. The minimum absolute atomic E-state index is 0.776. The van der Waals surface area contributed by atoms with Gasteiger partial charge in [0.25, 0.3) is 4.83 Å². The molecule has 0 bridgehead atoms. The van der Waals surface area contributed by atoms with Gasteiger partial charge in [-0.1, -0.05) is 29.5 Å². The second-order valence-corrected chi connectivity index (χ2v) is 5.44. The van der Waals surface area contributed by atoms with E-state index < -0.39 is 0 Å². The molecule has 19 heavy (non-hydrogen) atoms. The monoisotopic (exact) mass is 265 g/mol. The number of benzene rings is 1. The van der Waals surface area contributed by atoms with Crippen LogP contribution in [0.5, 0.6) is 0 Å². The van der Waals surface area contributed by atoms with Crippen molar-refractivity contribution in [2.45, 2.75) is 13.8 Å². The molecule has 3 aromatic rings. The minimum Gasteiger partial charge on any atom is -0.192 e. The van der Waals surface area contributed by atoms with Crippen LogP contribution in [0.1, 0.15) is 16.8 Å². The van der Waals surface area contributed by atoms with Gasteiger partial charge >= 0.3 is 0 Å². The van der Waals surface area contributed by atoms with E-state index in [2.05, 4.69) is 41.0 Å². The lowest BCUT2D eigenvalue weighted by Crippen LogP contribution is -2.27. The number of hydrogen-bond donors (Lipinski definition) is 0. The van der Waals surface area contributed by atoms with Crippen LogP contribution < -0.4 is 4.40 Å². The topological polar surface area (TPSA) is 27.9 Å². The highest BCUT2D eigenvalue weighted by molar-refractivity contribution is 7.15. The lowest BCUT2D eigenvalue weighted by Gasteiger charge is -1.99. The summed E-state index contributed by atoms with van der Waals surface area (Å²) in [7, 11) is 0. The first-order valence-electron chi connectivity index (χ1n) is 6.11. The van der Waals surface area contributed by atoms with Gasteiger partial charge in [0, 0.05) is 18.6 Å². The number of aromatic nitrogens is 1. The van der Waals surface area contributed by atoms with Gasteiger partial charge in [-0.15, -0.1) is 4.40 Å². The number of nitrogens with zero attached hydrogens (tertiary/aromatic N) is 2. The van der Waals surface area contributed by atoms with E-state index in [0.29, 0.717) is 0 Å². The second-order valence-electron chi connectivity index (χ2n) is 4.58. The van der Waals surface area contributed by atoms with Gasteiger partial charge in [-0.2, -0.15) is 5.26 Å². The molecule has 0 N–H and O–H groups in total. The lowest BCUT2D eigenvalue weighted by molar-refractivity contribution is -0.503. The predicted molar refractivity (Wildman–Crippen MR) is 77.1 cm³/mol. The highest BCUT2D eigenvalue weighted by Gasteiger charge is 2.22. The van der Waals surface area contributed by atoms with E-state index >= 15 is 0 Å². The Kier molecular flexibility index (Phi) is 2.81. The zero-order valence-corrected chi connectivity index (χ0v) is 11.7. The molecule has 0 saturated heterocycles. The Morgan fingerprint density at radius 1 is 1.16 bits per heavy atom. The molecule has 0 amide bonds. The van der Waals surface area contributed by atoms with E-state index in [-0.39, 0.29) is 0 Å². The van der Waals surface area contributed by atoms with Crippen molar-refractivity contribution in [3.63, 3.8) is 0 Å². The first-order chi connectivity index (χ1) is 9.22. The second kappa shape index (κ2) is 4.49. The van der Waals surface area contributed by atoms with Crippen LogP contribution >= 0.6 is 11.3 Å². The highest BCUT2D eigenvalue weighted by Crippen LogP contribution is 2.25. The van der Waals surface area contributed by atoms with Gasteiger partial charge in [0.05, 0.1) is 5.38 Å². The van der Waals surface area contributed by atoms with E-state index in [4.69, 9.17) is 0 Å². The van der Waals surface area contributed by atoms with Gasteiger partial charge < -0.3 is 0 Å². The molecule has 1 aromatic carbocycles. The van der Waals surface area contributed by atoms with Crippen molar-refractivity contribution >= 4 is 16.2 Å². The van der Waals surface area contributed by atoms with Crippen molar-refractivity contribution in [1.29, 1.82) is 5.26 Å². The van der Waals surface area contributed by atoms with E-state index in [1.54, 1.807) is 11.3 Å². The maximum absolute atomic E-state index is 9.33. The van der Waals surface area contributed by atoms with Crippen LogP contribution in [0, 0.1) is 25.2 Å². The van der Waals surface area contributed by atoms with Gasteiger partial charge in [0.1, 0.15) is 11.6 Å². The summed E-state index contributed by atoms with van der Waals surface area (Å²) in [5.74, 6) is 0. The minimum atomic E-state index is 0.776.